The zero-order valence-electron chi connectivity index (χ0n) is 6.42. The molecule has 0 aliphatic heterocycles. The summed E-state index contributed by atoms with van der Waals surface area (Å²) in [4.78, 5) is 22.2. The van der Waals surface area contributed by atoms with Gasteiger partial charge in [0.05, 0.1) is 12.5 Å². The summed E-state index contributed by atoms with van der Waals surface area (Å²) in [5.74, 6) is 0.0682. The van der Waals surface area contributed by atoms with E-state index in [0.717, 1.165) is 6.42 Å². The molecular formula is C8H10O3. The van der Waals surface area contributed by atoms with E-state index in [1.807, 2.05) is 0 Å². The normalized spacial score (nSPS) is 40.1. The summed E-state index contributed by atoms with van der Waals surface area (Å²) in [6, 6.07) is 0. The zero-order chi connectivity index (χ0) is 8.06. The predicted molar refractivity (Wildman–Crippen MR) is 36.8 cm³/mol. The lowest BCUT2D eigenvalue weighted by Gasteiger charge is -2.06. The molecule has 0 bridgehead atoms. The fourth-order valence-electron chi connectivity index (χ4n) is 2.06. The molecule has 0 radical (unpaired) electrons. The first-order valence-corrected chi connectivity index (χ1v) is 3.82. The van der Waals surface area contributed by atoms with E-state index in [2.05, 4.69) is 4.74 Å². The van der Waals surface area contributed by atoms with Crippen LogP contribution in [0.15, 0.2) is 0 Å². The molecule has 0 saturated heterocycles. The Labute approximate surface area is 64.7 Å². The zero-order valence-corrected chi connectivity index (χ0v) is 6.42. The lowest BCUT2D eigenvalue weighted by Crippen LogP contribution is -2.16. The van der Waals surface area contributed by atoms with Gasteiger partial charge < -0.3 is 4.74 Å². The van der Waals surface area contributed by atoms with Gasteiger partial charge in [0.15, 0.2) is 0 Å². The second kappa shape index (κ2) is 1.84. The van der Waals surface area contributed by atoms with Gasteiger partial charge in [0, 0.05) is 12.3 Å². The minimum Gasteiger partial charge on any atom is -0.469 e. The van der Waals surface area contributed by atoms with Crippen molar-refractivity contribution in [3.63, 3.8) is 0 Å². The topological polar surface area (TPSA) is 43.4 Å². The molecule has 0 aromatic heterocycles. The molecular weight excluding hydrogens is 144 g/mol. The molecule has 2 fully saturated rings. The number of ketones is 1. The van der Waals surface area contributed by atoms with Crippen molar-refractivity contribution in [3.05, 3.63) is 0 Å². The van der Waals surface area contributed by atoms with Crippen LogP contribution >= 0.6 is 0 Å². The summed E-state index contributed by atoms with van der Waals surface area (Å²) < 4.78 is 4.64. The summed E-state index contributed by atoms with van der Waals surface area (Å²) in [5, 5.41) is 0. The van der Waals surface area contributed by atoms with Crippen molar-refractivity contribution >= 4 is 11.8 Å². The van der Waals surface area contributed by atoms with Crippen LogP contribution in [0, 0.1) is 11.3 Å². The third kappa shape index (κ3) is 0.682. The van der Waals surface area contributed by atoms with E-state index in [0.29, 0.717) is 12.8 Å². The lowest BCUT2D eigenvalue weighted by molar-refractivity contribution is -0.147. The molecule has 2 rings (SSSR count). The summed E-state index contributed by atoms with van der Waals surface area (Å²) in [5.41, 5.74) is -0.369. The molecule has 0 aromatic carbocycles. The monoisotopic (exact) mass is 154 g/mol. The van der Waals surface area contributed by atoms with Crippen LogP contribution in [-0.4, -0.2) is 18.9 Å². The first-order chi connectivity index (χ1) is 5.20. The summed E-state index contributed by atoms with van der Waals surface area (Å²) in [7, 11) is 1.38. The third-order valence-corrected chi connectivity index (χ3v) is 2.87. The number of carbonyl (C=O) groups is 2. The lowest BCUT2D eigenvalue weighted by atomic mass is 10.1. The maximum atomic E-state index is 11.1. The summed E-state index contributed by atoms with van der Waals surface area (Å²) in [6.45, 7) is 0. The van der Waals surface area contributed by atoms with Gasteiger partial charge in [0.25, 0.3) is 0 Å². The van der Waals surface area contributed by atoms with E-state index in [9.17, 15) is 9.59 Å². The van der Waals surface area contributed by atoms with Crippen molar-refractivity contribution in [1.82, 2.24) is 0 Å². The van der Waals surface area contributed by atoms with Gasteiger partial charge in [-0.2, -0.15) is 0 Å². The highest BCUT2D eigenvalue weighted by Gasteiger charge is 2.67. The number of carbonyl (C=O) groups excluding carboxylic acids is 2. The Hall–Kier alpha value is -0.860. The van der Waals surface area contributed by atoms with E-state index in [4.69, 9.17) is 0 Å². The molecule has 3 heteroatoms. The first kappa shape index (κ1) is 6.83. The van der Waals surface area contributed by atoms with Gasteiger partial charge in [-0.15, -0.1) is 0 Å². The molecule has 11 heavy (non-hydrogen) atoms. The highest BCUT2D eigenvalue weighted by Crippen LogP contribution is 2.62. The van der Waals surface area contributed by atoms with Gasteiger partial charge >= 0.3 is 5.97 Å². The van der Waals surface area contributed by atoms with Crippen LogP contribution in [0.2, 0.25) is 0 Å². The smallest absolute Gasteiger partial charge is 0.312 e. The van der Waals surface area contributed by atoms with Crippen molar-refractivity contribution in [3.8, 4) is 0 Å². The quantitative estimate of drug-likeness (QED) is 0.517. The largest absolute Gasteiger partial charge is 0.469 e. The molecule has 0 heterocycles. The predicted octanol–water partition coefficient (Wildman–Crippen LogP) is 0.529. The Morgan fingerprint density at radius 2 is 2.45 bits per heavy atom. The molecule has 0 amide bonds. The van der Waals surface area contributed by atoms with Gasteiger partial charge in [0.2, 0.25) is 0 Å². The number of rotatable bonds is 1. The standard InChI is InChI=1S/C8H10O3/c1-11-7(10)8-3-2-6(9)5(8)4-8/h5H,2-4H2,1H3/t5-,8-/m0/s1. The Morgan fingerprint density at radius 3 is 2.82 bits per heavy atom. The van der Waals surface area contributed by atoms with Gasteiger partial charge in [-0.25, -0.2) is 0 Å². The van der Waals surface area contributed by atoms with Crippen molar-refractivity contribution in [1.29, 1.82) is 0 Å². The first-order valence-electron chi connectivity index (χ1n) is 3.82. The fraction of sp³-hybridized carbons (Fsp3) is 0.750. The summed E-state index contributed by atoms with van der Waals surface area (Å²) >= 11 is 0. The van der Waals surface area contributed by atoms with Crippen LogP contribution in [0.3, 0.4) is 0 Å². The second-order valence-electron chi connectivity index (χ2n) is 3.37. The van der Waals surface area contributed by atoms with E-state index < -0.39 is 0 Å². The number of methoxy groups -OCH3 is 1. The fourth-order valence-corrected chi connectivity index (χ4v) is 2.06. The number of esters is 1. The molecule has 0 N–H and O–H groups in total. The number of hydrogen-bond acceptors (Lipinski definition) is 3. The van der Waals surface area contributed by atoms with Crippen LogP contribution in [0.4, 0.5) is 0 Å². The Balaban J connectivity index is 2.17. The highest BCUT2D eigenvalue weighted by atomic mass is 16.5. The van der Waals surface area contributed by atoms with Crippen molar-refractivity contribution in [2.75, 3.05) is 7.11 Å². The summed E-state index contributed by atoms with van der Waals surface area (Å²) in [6.07, 6.45) is 2.02. The van der Waals surface area contributed by atoms with E-state index in [1.54, 1.807) is 0 Å². The highest BCUT2D eigenvalue weighted by molar-refractivity contribution is 5.98. The maximum absolute atomic E-state index is 11.1. The average Bonchev–Trinajstić information content (AvgIpc) is 2.68. The Bertz CT molecular complexity index is 233. The number of hydrogen-bond donors (Lipinski definition) is 0. The molecule has 60 valence electrons. The molecule has 0 unspecified atom stereocenters. The van der Waals surface area contributed by atoms with Crippen molar-refractivity contribution < 1.29 is 14.3 Å². The molecule has 0 spiro atoms. The number of ether oxygens (including phenoxy) is 1. The van der Waals surface area contributed by atoms with Crippen molar-refractivity contribution in [2.45, 2.75) is 19.3 Å². The van der Waals surface area contributed by atoms with Gasteiger partial charge in [-0.3, -0.25) is 9.59 Å². The molecule has 2 aliphatic carbocycles. The van der Waals surface area contributed by atoms with Crippen LogP contribution in [0.25, 0.3) is 0 Å². The van der Waals surface area contributed by atoms with Gasteiger partial charge in [0.1, 0.15) is 5.78 Å². The number of Topliss-reactive ketones (excluding diaryl/α,β-unsaturated/α-hetero) is 1. The van der Waals surface area contributed by atoms with Gasteiger partial charge in [-0.05, 0) is 12.8 Å². The minimum atomic E-state index is -0.369. The Kier molecular flexibility index (Phi) is 1.14. The van der Waals surface area contributed by atoms with Crippen LogP contribution in [-0.2, 0) is 14.3 Å². The van der Waals surface area contributed by atoms with Gasteiger partial charge in [-0.1, -0.05) is 0 Å². The van der Waals surface area contributed by atoms with E-state index >= 15 is 0 Å². The molecule has 2 aliphatic rings. The van der Waals surface area contributed by atoms with E-state index in [1.165, 1.54) is 7.11 Å². The SMILES string of the molecule is COC(=O)[C@]12CCC(=O)[C@@H]1C2. The minimum absolute atomic E-state index is 0.00921. The van der Waals surface area contributed by atoms with E-state index in [-0.39, 0.29) is 23.1 Å². The molecule has 2 atom stereocenters. The number of fused-ring (bicyclic) bond motifs is 1. The second-order valence-corrected chi connectivity index (χ2v) is 3.37. The van der Waals surface area contributed by atoms with Crippen LogP contribution < -0.4 is 0 Å². The third-order valence-electron chi connectivity index (χ3n) is 2.87. The molecule has 2 saturated carbocycles. The average molecular weight is 154 g/mol. The molecule has 3 nitrogen and oxygen atoms in total. The van der Waals surface area contributed by atoms with Crippen molar-refractivity contribution in [2.24, 2.45) is 11.3 Å². The van der Waals surface area contributed by atoms with Crippen LogP contribution in [0.1, 0.15) is 19.3 Å². The maximum Gasteiger partial charge on any atom is 0.312 e. The van der Waals surface area contributed by atoms with Crippen LogP contribution in [0.5, 0.6) is 0 Å². The Morgan fingerprint density at radius 1 is 1.73 bits per heavy atom. The molecule has 0 aromatic rings.